The molecule has 0 bridgehead atoms. The molecule has 2 fully saturated rings. The molecular formula is C30H56CsNO7. The van der Waals surface area contributed by atoms with E-state index in [1.54, 1.807) is 0 Å². The second-order valence-electron chi connectivity index (χ2n) is 12.3. The molecule has 8 nitrogen and oxygen atoms in total. The van der Waals surface area contributed by atoms with Crippen LogP contribution in [-0.2, 0) is 19.0 Å². The number of carbonyl (C=O) groups is 1. The first kappa shape index (κ1) is 38.3. The third-order valence-corrected chi connectivity index (χ3v) is 8.15. The average Bonchev–Trinajstić information content (AvgIpc) is 2.86. The van der Waals surface area contributed by atoms with Gasteiger partial charge in [-0.2, -0.15) is 6.42 Å². The number of amides is 1. The fourth-order valence-corrected chi connectivity index (χ4v) is 5.68. The Bertz CT molecular complexity index is 636. The van der Waals surface area contributed by atoms with E-state index < -0.39 is 24.7 Å². The van der Waals surface area contributed by atoms with Crippen molar-refractivity contribution in [1.82, 2.24) is 5.32 Å². The summed E-state index contributed by atoms with van der Waals surface area (Å²) in [4.78, 5) is 12.4. The van der Waals surface area contributed by atoms with Crippen LogP contribution >= 0.6 is 0 Å². The van der Waals surface area contributed by atoms with E-state index in [1.165, 1.54) is 64.2 Å². The fraction of sp³-hybridized carbons (Fsp3) is 0.933. The molecule has 39 heavy (non-hydrogen) atoms. The van der Waals surface area contributed by atoms with E-state index in [-0.39, 0.29) is 107 Å². The average molecular weight is 676 g/mol. The molecule has 0 aromatic carbocycles. The summed E-state index contributed by atoms with van der Waals surface area (Å²) in [7, 11) is 0. The summed E-state index contributed by atoms with van der Waals surface area (Å²) in [5.41, 5.74) is 0.552. The predicted octanol–water partition coefficient (Wildman–Crippen LogP) is 1.49. The van der Waals surface area contributed by atoms with Crippen molar-refractivity contribution in [3.63, 3.8) is 0 Å². The molecule has 6 atom stereocenters. The number of hydrogen-bond donors (Lipinski definition) is 4. The van der Waals surface area contributed by atoms with Crippen LogP contribution in [0.2, 0.25) is 0 Å². The summed E-state index contributed by atoms with van der Waals surface area (Å²) in [6, 6.07) is -0.653. The Morgan fingerprint density at radius 3 is 2.33 bits per heavy atom. The van der Waals surface area contributed by atoms with Crippen LogP contribution < -0.4 is 74.2 Å². The van der Waals surface area contributed by atoms with Crippen LogP contribution in [0.4, 0.5) is 0 Å². The Hall–Kier alpha value is 1.28. The molecule has 0 aromatic heterocycles. The van der Waals surface area contributed by atoms with Gasteiger partial charge >= 0.3 is 68.9 Å². The Balaban J connectivity index is 0.00000760. The minimum atomic E-state index is -1.23. The van der Waals surface area contributed by atoms with Gasteiger partial charge in [0.1, 0.15) is 6.61 Å². The SMILES string of the molecule is [CH2-]CC(O)[C@H](COC(O)COC1OCC1CO)NC(=O)CCCCCCCCCCC1CCCC(C)(C)C1.[Cs+]. The maximum atomic E-state index is 12.4. The first-order chi connectivity index (χ1) is 18.2. The minimum Gasteiger partial charge on any atom is -0.396 e. The van der Waals surface area contributed by atoms with E-state index in [9.17, 15) is 15.0 Å². The van der Waals surface area contributed by atoms with Crippen molar-refractivity contribution in [3.05, 3.63) is 6.92 Å². The van der Waals surface area contributed by atoms with Gasteiger partial charge in [-0.3, -0.25) is 4.79 Å². The molecule has 0 aromatic rings. The van der Waals surface area contributed by atoms with Crippen molar-refractivity contribution in [2.24, 2.45) is 17.3 Å². The van der Waals surface area contributed by atoms with Crippen LogP contribution in [0.5, 0.6) is 0 Å². The van der Waals surface area contributed by atoms with E-state index in [2.05, 4.69) is 26.1 Å². The number of hydrogen-bond acceptors (Lipinski definition) is 7. The molecule has 9 heteroatoms. The van der Waals surface area contributed by atoms with Gasteiger partial charge in [-0.05, 0) is 30.6 Å². The molecule has 0 radical (unpaired) electrons. The Morgan fingerprint density at radius 2 is 1.74 bits per heavy atom. The zero-order valence-corrected chi connectivity index (χ0v) is 31.4. The first-order valence-electron chi connectivity index (χ1n) is 15.1. The summed E-state index contributed by atoms with van der Waals surface area (Å²) in [6.07, 6.45) is 14.5. The van der Waals surface area contributed by atoms with Gasteiger partial charge in [0.25, 0.3) is 0 Å². The molecule has 0 spiro atoms. The molecule has 2 rings (SSSR count). The maximum Gasteiger partial charge on any atom is 1.00 e. The van der Waals surface area contributed by atoms with Gasteiger partial charge in [0.2, 0.25) is 5.91 Å². The van der Waals surface area contributed by atoms with Crippen molar-refractivity contribution in [1.29, 1.82) is 0 Å². The van der Waals surface area contributed by atoms with E-state index in [0.29, 0.717) is 18.4 Å². The van der Waals surface area contributed by atoms with E-state index in [1.807, 2.05) is 0 Å². The normalized spacial score (nSPS) is 24.7. The Morgan fingerprint density at radius 1 is 1.08 bits per heavy atom. The zero-order chi connectivity index (χ0) is 27.8. The second-order valence-corrected chi connectivity index (χ2v) is 12.3. The number of aliphatic hydroxyl groups is 3. The molecule has 1 saturated heterocycles. The zero-order valence-electron chi connectivity index (χ0n) is 25.1. The van der Waals surface area contributed by atoms with Crippen molar-refractivity contribution in [2.75, 3.05) is 26.4 Å². The van der Waals surface area contributed by atoms with Crippen molar-refractivity contribution < 1.29 is 103 Å². The topological polar surface area (TPSA) is 117 Å². The van der Waals surface area contributed by atoms with Gasteiger partial charge in [-0.1, -0.05) is 78.1 Å². The number of rotatable bonds is 21. The van der Waals surface area contributed by atoms with Crippen LogP contribution in [0.1, 0.15) is 110 Å². The van der Waals surface area contributed by atoms with Crippen LogP contribution in [0.3, 0.4) is 0 Å². The van der Waals surface area contributed by atoms with Crippen LogP contribution in [0.15, 0.2) is 0 Å². The van der Waals surface area contributed by atoms with Gasteiger partial charge in [0.15, 0.2) is 12.6 Å². The third-order valence-electron chi connectivity index (χ3n) is 8.15. The number of aliphatic hydroxyl groups excluding tert-OH is 3. The van der Waals surface area contributed by atoms with Crippen molar-refractivity contribution >= 4 is 5.91 Å². The molecule has 1 saturated carbocycles. The first-order valence-corrected chi connectivity index (χ1v) is 15.1. The number of unbranched alkanes of at least 4 members (excludes halogenated alkanes) is 7. The van der Waals surface area contributed by atoms with E-state index in [4.69, 9.17) is 19.3 Å². The molecule has 1 amide bonds. The predicted molar refractivity (Wildman–Crippen MR) is 148 cm³/mol. The number of carbonyl (C=O) groups excluding carboxylic acids is 1. The molecule has 4 N–H and O–H groups in total. The molecule has 5 unspecified atom stereocenters. The van der Waals surface area contributed by atoms with Gasteiger partial charge < -0.3 is 41.8 Å². The van der Waals surface area contributed by atoms with E-state index >= 15 is 0 Å². The molecule has 1 heterocycles. The van der Waals surface area contributed by atoms with E-state index in [0.717, 1.165) is 25.2 Å². The second kappa shape index (κ2) is 21.9. The fourth-order valence-electron chi connectivity index (χ4n) is 5.68. The van der Waals surface area contributed by atoms with Gasteiger partial charge in [0.05, 0.1) is 31.8 Å². The maximum absolute atomic E-state index is 12.4. The standard InChI is InChI=1S/C30H56NO7.Cs/c1-4-26(33)25(21-36-28(35)22-38-29-24(19-32)20-37-29)31-27(34)16-12-10-8-6-5-7-9-11-14-23-15-13-17-30(2,3)18-23;/h23-26,28-29,32-33,35H,1,4-22H2,2-3H3,(H,31,34);/q-1;+1/t23?,24?,25-,26?,28?,29?;/m0./s1. The summed E-state index contributed by atoms with van der Waals surface area (Å²) in [5, 5.41) is 32.2. The molecular weight excluding hydrogens is 619 g/mol. The summed E-state index contributed by atoms with van der Waals surface area (Å²) in [6.45, 7) is 8.77. The minimum absolute atomic E-state index is 0. The molecule has 1 aliphatic heterocycles. The van der Waals surface area contributed by atoms with Crippen molar-refractivity contribution in [2.45, 2.75) is 135 Å². The number of ether oxygens (including phenoxy) is 3. The Kier molecular flexibility index (Phi) is 21.5. The molecule has 1 aliphatic carbocycles. The largest absolute Gasteiger partial charge is 1.00 e. The summed E-state index contributed by atoms with van der Waals surface area (Å²) >= 11 is 0. The third kappa shape index (κ3) is 16.6. The monoisotopic (exact) mass is 675 g/mol. The van der Waals surface area contributed by atoms with Crippen LogP contribution in [-0.4, -0.2) is 72.4 Å². The van der Waals surface area contributed by atoms with Gasteiger partial charge in [-0.25, -0.2) is 0 Å². The summed E-state index contributed by atoms with van der Waals surface area (Å²) in [5.74, 6) is 0.722. The Labute approximate surface area is 296 Å². The molecule has 2 aliphatic rings. The van der Waals surface area contributed by atoms with Crippen molar-refractivity contribution in [3.8, 4) is 0 Å². The van der Waals surface area contributed by atoms with Crippen LogP contribution in [0, 0.1) is 24.2 Å². The van der Waals surface area contributed by atoms with Crippen LogP contribution in [0.25, 0.3) is 0 Å². The molecule has 224 valence electrons. The van der Waals surface area contributed by atoms with Gasteiger partial charge in [-0.15, -0.1) is 0 Å². The number of nitrogens with one attached hydrogen (secondary N) is 1. The summed E-state index contributed by atoms with van der Waals surface area (Å²) < 4.78 is 15.9. The smallest absolute Gasteiger partial charge is 0.396 e. The quantitative estimate of drug-likeness (QED) is 0.0828. The van der Waals surface area contributed by atoms with Gasteiger partial charge in [0, 0.05) is 12.5 Å².